The minimum Gasteiger partial charge on any atom is -0.481 e. The average molecular weight is 286 g/mol. The second kappa shape index (κ2) is 5.69. The molecule has 0 spiro atoms. The fourth-order valence-electron chi connectivity index (χ4n) is 2.85. The van der Waals surface area contributed by atoms with E-state index in [4.69, 9.17) is 4.52 Å². The summed E-state index contributed by atoms with van der Waals surface area (Å²) in [6, 6.07) is 11.6. The maximum atomic E-state index is 11.7. The van der Waals surface area contributed by atoms with Crippen LogP contribution in [0.2, 0.25) is 0 Å². The van der Waals surface area contributed by atoms with Crippen LogP contribution in [0.3, 0.4) is 0 Å². The van der Waals surface area contributed by atoms with E-state index in [1.807, 2.05) is 36.4 Å². The molecule has 5 nitrogen and oxygen atoms in total. The molecular weight excluding hydrogens is 268 g/mol. The zero-order valence-electron chi connectivity index (χ0n) is 11.7. The van der Waals surface area contributed by atoms with Gasteiger partial charge in [0.25, 0.3) is 0 Å². The molecule has 0 unspecified atom stereocenters. The lowest BCUT2D eigenvalue weighted by Gasteiger charge is -2.32. The predicted molar refractivity (Wildman–Crippen MR) is 77.8 cm³/mol. The van der Waals surface area contributed by atoms with Crippen LogP contribution in [0, 0.1) is 5.41 Å². The number of aromatic nitrogens is 1. The third kappa shape index (κ3) is 2.83. The van der Waals surface area contributed by atoms with E-state index < -0.39 is 11.4 Å². The van der Waals surface area contributed by atoms with Crippen LogP contribution in [0.15, 0.2) is 40.9 Å². The maximum Gasteiger partial charge on any atom is 0.311 e. The Morgan fingerprint density at radius 1 is 1.38 bits per heavy atom. The average Bonchev–Trinajstić information content (AvgIpc) is 2.97. The lowest BCUT2D eigenvalue weighted by molar-refractivity contribution is -0.150. The van der Waals surface area contributed by atoms with Gasteiger partial charge in [-0.15, -0.1) is 0 Å². The SMILES string of the molecule is O=C(O)[C@@]1(Cc2cc(-c3ccccc3)no2)CCCNC1. The molecule has 1 aromatic heterocycles. The third-order valence-corrected chi connectivity index (χ3v) is 4.07. The number of rotatable bonds is 4. The van der Waals surface area contributed by atoms with Crippen molar-refractivity contribution in [3.05, 3.63) is 42.2 Å². The van der Waals surface area contributed by atoms with Gasteiger partial charge in [-0.1, -0.05) is 35.5 Å². The van der Waals surface area contributed by atoms with E-state index >= 15 is 0 Å². The first-order chi connectivity index (χ1) is 10.2. The zero-order chi connectivity index (χ0) is 14.7. The monoisotopic (exact) mass is 286 g/mol. The van der Waals surface area contributed by atoms with Crippen LogP contribution in [0.1, 0.15) is 18.6 Å². The van der Waals surface area contributed by atoms with Gasteiger partial charge in [0, 0.05) is 24.6 Å². The smallest absolute Gasteiger partial charge is 0.311 e. The molecule has 5 heteroatoms. The highest BCUT2D eigenvalue weighted by atomic mass is 16.5. The number of aliphatic carboxylic acids is 1. The molecule has 2 aromatic rings. The van der Waals surface area contributed by atoms with Crippen molar-refractivity contribution in [1.29, 1.82) is 0 Å². The molecule has 3 rings (SSSR count). The number of benzene rings is 1. The second-order valence-electron chi connectivity index (χ2n) is 5.59. The van der Waals surface area contributed by atoms with E-state index in [0.29, 0.717) is 25.1 Å². The van der Waals surface area contributed by atoms with Gasteiger partial charge in [0.2, 0.25) is 0 Å². The minimum absolute atomic E-state index is 0.370. The zero-order valence-corrected chi connectivity index (χ0v) is 11.7. The minimum atomic E-state index is -0.786. The van der Waals surface area contributed by atoms with Gasteiger partial charge in [-0.3, -0.25) is 4.79 Å². The fourth-order valence-corrected chi connectivity index (χ4v) is 2.85. The Kier molecular flexibility index (Phi) is 3.75. The Hall–Kier alpha value is -2.14. The summed E-state index contributed by atoms with van der Waals surface area (Å²) in [5, 5.41) is 16.8. The van der Waals surface area contributed by atoms with E-state index in [1.165, 1.54) is 0 Å². The molecule has 1 saturated heterocycles. The molecule has 1 fully saturated rings. The van der Waals surface area contributed by atoms with Crippen molar-refractivity contribution in [1.82, 2.24) is 10.5 Å². The first-order valence-electron chi connectivity index (χ1n) is 7.15. The molecule has 0 saturated carbocycles. The molecule has 0 amide bonds. The van der Waals surface area contributed by atoms with Gasteiger partial charge in [-0.25, -0.2) is 0 Å². The summed E-state index contributed by atoms with van der Waals surface area (Å²) in [6.07, 6.45) is 1.90. The summed E-state index contributed by atoms with van der Waals surface area (Å²) in [7, 11) is 0. The van der Waals surface area contributed by atoms with Crippen LogP contribution in [0.5, 0.6) is 0 Å². The Morgan fingerprint density at radius 2 is 2.19 bits per heavy atom. The lowest BCUT2D eigenvalue weighted by atomic mass is 9.77. The van der Waals surface area contributed by atoms with Crippen molar-refractivity contribution < 1.29 is 14.4 Å². The molecule has 21 heavy (non-hydrogen) atoms. The number of hydrogen-bond donors (Lipinski definition) is 2. The van der Waals surface area contributed by atoms with E-state index in [0.717, 1.165) is 24.2 Å². The summed E-state index contributed by atoms with van der Waals surface area (Å²) in [6.45, 7) is 1.35. The second-order valence-corrected chi connectivity index (χ2v) is 5.59. The Balaban J connectivity index is 1.81. The standard InChI is InChI=1S/C16H18N2O3/c19-15(20)16(7-4-8-17-11-16)10-13-9-14(18-21-13)12-5-2-1-3-6-12/h1-3,5-6,9,17H,4,7-8,10-11H2,(H,19,20)/t16-/m1/s1. The summed E-state index contributed by atoms with van der Waals surface area (Å²) in [5.41, 5.74) is 0.930. The quantitative estimate of drug-likeness (QED) is 0.902. The molecule has 2 N–H and O–H groups in total. The summed E-state index contributed by atoms with van der Waals surface area (Å²) in [4.78, 5) is 11.7. The molecule has 1 aromatic carbocycles. The number of nitrogens with one attached hydrogen (secondary N) is 1. The Labute approximate surface area is 123 Å². The van der Waals surface area contributed by atoms with Gasteiger partial charge in [-0.2, -0.15) is 0 Å². The summed E-state index contributed by atoms with van der Waals surface area (Å²) < 4.78 is 5.36. The molecule has 110 valence electrons. The van der Waals surface area contributed by atoms with E-state index in [-0.39, 0.29) is 0 Å². The van der Waals surface area contributed by atoms with Crippen LogP contribution < -0.4 is 5.32 Å². The molecule has 2 heterocycles. The highest BCUT2D eigenvalue weighted by Crippen LogP contribution is 2.32. The van der Waals surface area contributed by atoms with E-state index in [9.17, 15) is 9.90 Å². The summed E-state index contributed by atoms with van der Waals surface area (Å²) in [5.74, 6) is -0.146. The van der Waals surface area contributed by atoms with Crippen LogP contribution >= 0.6 is 0 Å². The van der Waals surface area contributed by atoms with Crippen molar-refractivity contribution >= 4 is 5.97 Å². The van der Waals surface area contributed by atoms with E-state index in [1.54, 1.807) is 0 Å². The molecule has 0 radical (unpaired) electrons. The van der Waals surface area contributed by atoms with Gasteiger partial charge >= 0.3 is 5.97 Å². The number of piperidine rings is 1. The van der Waals surface area contributed by atoms with Gasteiger partial charge in [0.15, 0.2) is 0 Å². The number of carbonyl (C=O) groups is 1. The maximum absolute atomic E-state index is 11.7. The molecular formula is C16H18N2O3. The topological polar surface area (TPSA) is 75.4 Å². The largest absolute Gasteiger partial charge is 0.481 e. The normalized spacial score (nSPS) is 22.1. The molecule has 1 aliphatic heterocycles. The van der Waals surface area contributed by atoms with Gasteiger partial charge in [-0.05, 0) is 19.4 Å². The molecule has 1 aliphatic rings. The number of nitrogens with zero attached hydrogens (tertiary/aromatic N) is 1. The highest BCUT2D eigenvalue weighted by Gasteiger charge is 2.41. The van der Waals surface area contributed by atoms with Crippen LogP contribution in [0.4, 0.5) is 0 Å². The van der Waals surface area contributed by atoms with Gasteiger partial charge in [0.05, 0.1) is 5.41 Å². The van der Waals surface area contributed by atoms with Crippen LogP contribution in [-0.2, 0) is 11.2 Å². The van der Waals surface area contributed by atoms with Crippen molar-refractivity contribution in [2.45, 2.75) is 19.3 Å². The Morgan fingerprint density at radius 3 is 2.86 bits per heavy atom. The highest BCUT2D eigenvalue weighted by molar-refractivity contribution is 5.75. The van der Waals surface area contributed by atoms with Crippen molar-refractivity contribution in [2.75, 3.05) is 13.1 Å². The van der Waals surface area contributed by atoms with Crippen LogP contribution in [-0.4, -0.2) is 29.3 Å². The van der Waals surface area contributed by atoms with Gasteiger partial charge < -0.3 is 14.9 Å². The summed E-state index contributed by atoms with van der Waals surface area (Å²) >= 11 is 0. The fraction of sp³-hybridized carbons (Fsp3) is 0.375. The predicted octanol–water partition coefficient (Wildman–Crippen LogP) is 2.34. The van der Waals surface area contributed by atoms with Gasteiger partial charge in [0.1, 0.15) is 11.5 Å². The van der Waals surface area contributed by atoms with E-state index in [2.05, 4.69) is 10.5 Å². The first kappa shape index (κ1) is 13.8. The van der Waals surface area contributed by atoms with Crippen LogP contribution in [0.25, 0.3) is 11.3 Å². The van der Waals surface area contributed by atoms with Crippen molar-refractivity contribution in [2.24, 2.45) is 5.41 Å². The van der Waals surface area contributed by atoms with Crippen molar-refractivity contribution in [3.8, 4) is 11.3 Å². The molecule has 0 aliphatic carbocycles. The first-order valence-corrected chi connectivity index (χ1v) is 7.15. The molecule has 1 atom stereocenters. The number of carboxylic acid groups (broad SMARTS) is 1. The van der Waals surface area contributed by atoms with Crippen molar-refractivity contribution in [3.63, 3.8) is 0 Å². The number of carboxylic acids is 1. The molecule has 0 bridgehead atoms. The Bertz CT molecular complexity index is 615. The number of hydrogen-bond acceptors (Lipinski definition) is 4. The lowest BCUT2D eigenvalue weighted by Crippen LogP contribution is -2.46. The third-order valence-electron chi connectivity index (χ3n) is 4.07.